The zero-order valence-electron chi connectivity index (χ0n) is 13.9. The normalized spacial score (nSPS) is 11.9. The molecule has 3 aromatic rings. The third-order valence-electron chi connectivity index (χ3n) is 4.09. The zero-order valence-corrected chi connectivity index (χ0v) is 13.9. The molecule has 1 atom stereocenters. The molecule has 3 rings (SSSR count). The lowest BCUT2D eigenvalue weighted by atomic mass is 10.0. The Balaban J connectivity index is 1.46. The van der Waals surface area contributed by atoms with Crippen molar-refractivity contribution in [3.63, 3.8) is 0 Å². The number of hydrogen-bond donors (Lipinski definition) is 2. The molecular formula is C21H21NO3. The molecule has 1 heterocycles. The van der Waals surface area contributed by atoms with Crippen LogP contribution in [-0.4, -0.2) is 17.6 Å². The maximum Gasteiger partial charge on any atom is 0.224 e. The highest BCUT2D eigenvalue weighted by atomic mass is 16.3. The molecule has 0 aliphatic heterocycles. The number of furan rings is 1. The van der Waals surface area contributed by atoms with Gasteiger partial charge in [0, 0.05) is 12.1 Å². The van der Waals surface area contributed by atoms with Gasteiger partial charge in [0.1, 0.15) is 0 Å². The monoisotopic (exact) mass is 335 g/mol. The summed E-state index contributed by atoms with van der Waals surface area (Å²) < 4.78 is 4.94. The second-order valence-corrected chi connectivity index (χ2v) is 5.95. The van der Waals surface area contributed by atoms with Gasteiger partial charge >= 0.3 is 0 Å². The van der Waals surface area contributed by atoms with E-state index in [2.05, 4.69) is 17.4 Å². The van der Waals surface area contributed by atoms with Crippen LogP contribution in [0.5, 0.6) is 0 Å². The summed E-state index contributed by atoms with van der Waals surface area (Å²) in [5.41, 5.74) is 3.98. The Morgan fingerprint density at radius 1 is 1.00 bits per heavy atom. The van der Waals surface area contributed by atoms with Gasteiger partial charge in [0.15, 0.2) is 0 Å². The van der Waals surface area contributed by atoms with Crippen LogP contribution in [0.15, 0.2) is 77.6 Å². The Kier molecular flexibility index (Phi) is 5.65. The predicted molar refractivity (Wildman–Crippen MR) is 96.9 cm³/mol. The summed E-state index contributed by atoms with van der Waals surface area (Å²) in [7, 11) is 0. The lowest BCUT2D eigenvalue weighted by molar-refractivity contribution is -0.120. The summed E-state index contributed by atoms with van der Waals surface area (Å²) in [6.45, 7) is 0.424. The van der Waals surface area contributed by atoms with E-state index in [4.69, 9.17) is 4.42 Å². The van der Waals surface area contributed by atoms with Crippen LogP contribution >= 0.6 is 0 Å². The summed E-state index contributed by atoms with van der Waals surface area (Å²) in [5.74, 6) is -0.0492. The minimum absolute atomic E-state index is 0.0492. The molecule has 1 aromatic heterocycles. The summed E-state index contributed by atoms with van der Waals surface area (Å²) in [5, 5.41) is 12.8. The fourth-order valence-corrected chi connectivity index (χ4v) is 2.67. The minimum atomic E-state index is -0.621. The fraction of sp³-hybridized carbons (Fsp3) is 0.190. The summed E-state index contributed by atoms with van der Waals surface area (Å²) in [4.78, 5) is 12.0. The van der Waals surface area contributed by atoms with E-state index in [-0.39, 0.29) is 5.91 Å². The van der Waals surface area contributed by atoms with Crippen LogP contribution in [0.3, 0.4) is 0 Å². The van der Waals surface area contributed by atoms with Gasteiger partial charge in [-0.3, -0.25) is 4.79 Å². The van der Waals surface area contributed by atoms with E-state index in [1.807, 2.05) is 42.5 Å². The Morgan fingerprint density at radius 3 is 2.40 bits per heavy atom. The van der Waals surface area contributed by atoms with Crippen molar-refractivity contribution in [1.82, 2.24) is 5.32 Å². The van der Waals surface area contributed by atoms with Crippen LogP contribution in [0.4, 0.5) is 0 Å². The molecule has 4 heteroatoms. The molecular weight excluding hydrogens is 314 g/mol. The van der Waals surface area contributed by atoms with Crippen molar-refractivity contribution >= 4 is 5.91 Å². The van der Waals surface area contributed by atoms with E-state index in [0.717, 1.165) is 22.3 Å². The molecule has 0 radical (unpaired) electrons. The zero-order chi connectivity index (χ0) is 17.5. The van der Waals surface area contributed by atoms with Gasteiger partial charge in [0.25, 0.3) is 0 Å². The van der Waals surface area contributed by atoms with Gasteiger partial charge in [-0.2, -0.15) is 0 Å². The predicted octanol–water partition coefficient (Wildman–Crippen LogP) is 3.73. The maximum absolute atomic E-state index is 12.0. The highest BCUT2D eigenvalue weighted by molar-refractivity contribution is 5.78. The topological polar surface area (TPSA) is 62.5 Å². The van der Waals surface area contributed by atoms with E-state index < -0.39 is 6.10 Å². The molecule has 0 aliphatic rings. The summed E-state index contributed by atoms with van der Waals surface area (Å²) >= 11 is 0. The molecule has 1 amide bonds. The number of aliphatic hydroxyl groups is 1. The van der Waals surface area contributed by atoms with Gasteiger partial charge in [-0.05, 0) is 29.2 Å². The SMILES string of the molecule is O=C(Cc1ccc(-c2ccccc2)cc1)NCCC(O)c1ccoc1. The third-order valence-corrected chi connectivity index (χ3v) is 4.09. The van der Waals surface area contributed by atoms with Crippen LogP contribution in [0.2, 0.25) is 0 Å². The molecule has 25 heavy (non-hydrogen) atoms. The van der Waals surface area contributed by atoms with Crippen LogP contribution in [0.25, 0.3) is 11.1 Å². The number of amides is 1. The lowest BCUT2D eigenvalue weighted by Gasteiger charge is -2.10. The van der Waals surface area contributed by atoms with Gasteiger partial charge < -0.3 is 14.8 Å². The Labute approximate surface area is 147 Å². The molecule has 128 valence electrons. The largest absolute Gasteiger partial charge is 0.472 e. The van der Waals surface area contributed by atoms with Crippen molar-refractivity contribution in [2.75, 3.05) is 6.54 Å². The number of nitrogens with one attached hydrogen (secondary N) is 1. The van der Waals surface area contributed by atoms with E-state index >= 15 is 0 Å². The van der Waals surface area contributed by atoms with E-state index in [0.29, 0.717) is 19.4 Å². The molecule has 1 unspecified atom stereocenters. The first-order valence-corrected chi connectivity index (χ1v) is 8.33. The van der Waals surface area contributed by atoms with Gasteiger partial charge in [-0.25, -0.2) is 0 Å². The van der Waals surface area contributed by atoms with Crippen molar-refractivity contribution in [1.29, 1.82) is 0 Å². The number of carbonyl (C=O) groups is 1. The number of carbonyl (C=O) groups excluding carboxylic acids is 1. The summed E-state index contributed by atoms with van der Waals surface area (Å²) in [6, 6.07) is 19.9. The van der Waals surface area contributed by atoms with E-state index in [9.17, 15) is 9.90 Å². The third kappa shape index (κ3) is 4.81. The highest BCUT2D eigenvalue weighted by Crippen LogP contribution is 2.19. The van der Waals surface area contributed by atoms with E-state index in [1.54, 1.807) is 6.07 Å². The number of hydrogen-bond acceptors (Lipinski definition) is 3. The Hall–Kier alpha value is -2.85. The molecule has 0 bridgehead atoms. The standard InChI is InChI=1S/C21H21NO3/c23-20(19-11-13-25-15-19)10-12-22-21(24)14-16-6-8-18(9-7-16)17-4-2-1-3-5-17/h1-9,11,13,15,20,23H,10,12,14H2,(H,22,24). The summed E-state index contributed by atoms with van der Waals surface area (Å²) in [6.07, 6.45) is 3.20. The van der Waals surface area contributed by atoms with Gasteiger partial charge in [0.05, 0.1) is 25.1 Å². The van der Waals surface area contributed by atoms with Crippen molar-refractivity contribution in [2.45, 2.75) is 18.9 Å². The van der Waals surface area contributed by atoms with Crippen molar-refractivity contribution in [2.24, 2.45) is 0 Å². The number of rotatable bonds is 7. The first-order chi connectivity index (χ1) is 12.2. The van der Waals surface area contributed by atoms with Crippen molar-refractivity contribution < 1.29 is 14.3 Å². The quantitative estimate of drug-likeness (QED) is 0.691. The van der Waals surface area contributed by atoms with Crippen molar-refractivity contribution in [3.05, 3.63) is 84.3 Å². The van der Waals surface area contributed by atoms with Crippen LogP contribution in [0, 0.1) is 0 Å². The fourth-order valence-electron chi connectivity index (χ4n) is 2.67. The number of aliphatic hydroxyl groups excluding tert-OH is 1. The first kappa shape index (κ1) is 17.0. The van der Waals surface area contributed by atoms with Gasteiger partial charge in [0.2, 0.25) is 5.91 Å². The minimum Gasteiger partial charge on any atom is -0.472 e. The second-order valence-electron chi connectivity index (χ2n) is 5.95. The average Bonchev–Trinajstić information content (AvgIpc) is 3.18. The molecule has 0 saturated carbocycles. The maximum atomic E-state index is 12.0. The van der Waals surface area contributed by atoms with Gasteiger partial charge in [-0.1, -0.05) is 54.6 Å². The van der Waals surface area contributed by atoms with Crippen LogP contribution in [0.1, 0.15) is 23.7 Å². The van der Waals surface area contributed by atoms with Crippen LogP contribution in [-0.2, 0) is 11.2 Å². The highest BCUT2D eigenvalue weighted by Gasteiger charge is 2.10. The first-order valence-electron chi connectivity index (χ1n) is 8.33. The molecule has 0 spiro atoms. The van der Waals surface area contributed by atoms with Crippen LogP contribution < -0.4 is 5.32 Å². The average molecular weight is 335 g/mol. The van der Waals surface area contributed by atoms with E-state index in [1.165, 1.54) is 12.5 Å². The Morgan fingerprint density at radius 2 is 1.72 bits per heavy atom. The molecule has 0 saturated heterocycles. The second kappa shape index (κ2) is 8.31. The van der Waals surface area contributed by atoms with Gasteiger partial charge in [-0.15, -0.1) is 0 Å². The molecule has 0 fully saturated rings. The lowest BCUT2D eigenvalue weighted by Crippen LogP contribution is -2.27. The molecule has 0 aliphatic carbocycles. The smallest absolute Gasteiger partial charge is 0.224 e. The molecule has 4 nitrogen and oxygen atoms in total. The number of benzene rings is 2. The Bertz CT molecular complexity index is 780. The molecule has 2 N–H and O–H groups in total. The van der Waals surface area contributed by atoms with Crippen molar-refractivity contribution in [3.8, 4) is 11.1 Å². The molecule has 2 aromatic carbocycles.